The summed E-state index contributed by atoms with van der Waals surface area (Å²) >= 11 is 0. The van der Waals surface area contributed by atoms with Crippen molar-refractivity contribution in [3.63, 3.8) is 0 Å². The first-order valence-corrected chi connectivity index (χ1v) is 8.03. The number of hydrogen-bond donors (Lipinski definition) is 3. The van der Waals surface area contributed by atoms with Crippen LogP contribution in [-0.4, -0.2) is 41.1 Å². The van der Waals surface area contributed by atoms with E-state index in [1.165, 1.54) is 6.42 Å². The lowest BCUT2D eigenvalue weighted by Crippen LogP contribution is -2.55. The normalized spacial score (nSPS) is 12.0. The fourth-order valence-electron chi connectivity index (χ4n) is 1.30. The third-order valence-electron chi connectivity index (χ3n) is 1.96. The Kier molecular flexibility index (Phi) is 10.3. The summed E-state index contributed by atoms with van der Waals surface area (Å²) in [5.41, 5.74) is 0. The van der Waals surface area contributed by atoms with Gasteiger partial charge in [0, 0.05) is 13.2 Å². The molecule has 0 rings (SSSR count). The highest BCUT2D eigenvalue weighted by molar-refractivity contribution is 6.46. The molecule has 98 valence electrons. The second-order valence-corrected chi connectivity index (χ2v) is 6.40. The van der Waals surface area contributed by atoms with Crippen LogP contribution in [0.5, 0.6) is 0 Å². The van der Waals surface area contributed by atoms with Gasteiger partial charge in [0.25, 0.3) is 0 Å². The summed E-state index contributed by atoms with van der Waals surface area (Å²) in [6.45, 7) is 13.6. The zero-order valence-electron chi connectivity index (χ0n) is 11.5. The molecule has 4 nitrogen and oxygen atoms in total. The fraction of sp³-hybridized carbons (Fsp3) is 1.00. The molecule has 16 heavy (non-hydrogen) atoms. The molecule has 0 aliphatic carbocycles. The first kappa shape index (κ1) is 16.1. The molecule has 0 unspecified atom stereocenters. The average Bonchev–Trinajstić information content (AvgIpc) is 2.15. The number of rotatable bonds is 10. The monoisotopic (exact) mass is 247 g/mol. The van der Waals surface area contributed by atoms with Crippen LogP contribution in [0, 0.1) is 0 Å². The van der Waals surface area contributed by atoms with Gasteiger partial charge in [-0.1, -0.05) is 34.6 Å². The van der Waals surface area contributed by atoms with Crippen molar-refractivity contribution >= 4 is 9.36 Å². The summed E-state index contributed by atoms with van der Waals surface area (Å²) in [7, 11) is -1.44. The summed E-state index contributed by atoms with van der Waals surface area (Å²) < 4.78 is 5.86. The van der Waals surface area contributed by atoms with Gasteiger partial charge in [-0.15, -0.1) is 0 Å². The summed E-state index contributed by atoms with van der Waals surface area (Å²) in [5.74, 6) is 0. The third-order valence-corrected chi connectivity index (χ3v) is 4.47. The van der Waals surface area contributed by atoms with Crippen molar-refractivity contribution in [3.8, 4) is 0 Å². The molecule has 0 bridgehead atoms. The molecule has 0 aliphatic rings. The lowest BCUT2D eigenvalue weighted by Gasteiger charge is -2.22. The van der Waals surface area contributed by atoms with Gasteiger partial charge in [-0.25, -0.2) is 0 Å². The lowest BCUT2D eigenvalue weighted by atomic mass is 10.4. The molecule has 0 saturated heterocycles. The Balaban J connectivity index is 3.65. The Morgan fingerprint density at radius 2 is 1.56 bits per heavy atom. The van der Waals surface area contributed by atoms with Gasteiger partial charge in [0.05, 0.1) is 0 Å². The van der Waals surface area contributed by atoms with Crippen LogP contribution in [0.2, 0.25) is 0 Å². The number of hydrogen-bond acceptors (Lipinski definition) is 4. The molecule has 0 fully saturated rings. The second-order valence-electron chi connectivity index (χ2n) is 4.64. The minimum atomic E-state index is -1.44. The molecule has 0 saturated carbocycles. The predicted molar refractivity (Wildman–Crippen MR) is 72.8 cm³/mol. The third kappa shape index (κ3) is 10.6. The van der Waals surface area contributed by atoms with E-state index in [0.717, 1.165) is 19.7 Å². The maximum absolute atomic E-state index is 5.86. The highest BCUT2D eigenvalue weighted by Crippen LogP contribution is 1.86. The van der Waals surface area contributed by atoms with Crippen LogP contribution in [0.3, 0.4) is 0 Å². The maximum atomic E-state index is 5.86. The van der Waals surface area contributed by atoms with Gasteiger partial charge in [0.2, 0.25) is 0 Å². The topological polar surface area (TPSA) is 45.3 Å². The average molecular weight is 247 g/mol. The Labute approximate surface area is 102 Å². The molecule has 0 radical (unpaired) electrons. The molecule has 0 heterocycles. The molecule has 0 amide bonds. The van der Waals surface area contributed by atoms with Gasteiger partial charge < -0.3 is 19.7 Å². The van der Waals surface area contributed by atoms with Crippen LogP contribution in [0.25, 0.3) is 0 Å². The minimum absolute atomic E-state index is 0.478. The Morgan fingerprint density at radius 3 is 2.00 bits per heavy atom. The standard InChI is InChI=1S/C11H29N3OSi/c1-6-7-12-8-9-15-16(13-10(2)3)14-11(4)5/h10-14,16H,6-9H2,1-5H3. The first-order chi connectivity index (χ1) is 7.56. The van der Waals surface area contributed by atoms with E-state index in [0.29, 0.717) is 12.1 Å². The quantitative estimate of drug-likeness (QED) is 0.393. The highest BCUT2D eigenvalue weighted by atomic mass is 28.3. The Morgan fingerprint density at radius 1 is 1.00 bits per heavy atom. The smallest absolute Gasteiger partial charge is 0.335 e. The SMILES string of the molecule is CCCNCCO[SiH](NC(C)C)NC(C)C. The summed E-state index contributed by atoms with van der Waals surface area (Å²) in [5, 5.41) is 3.34. The van der Waals surface area contributed by atoms with Crippen LogP contribution in [0.1, 0.15) is 41.0 Å². The van der Waals surface area contributed by atoms with E-state index < -0.39 is 9.36 Å². The van der Waals surface area contributed by atoms with Crippen molar-refractivity contribution in [3.05, 3.63) is 0 Å². The minimum Gasteiger partial charge on any atom is -0.393 e. The molecule has 5 heteroatoms. The van der Waals surface area contributed by atoms with Crippen molar-refractivity contribution < 1.29 is 4.43 Å². The van der Waals surface area contributed by atoms with Gasteiger partial charge in [0.1, 0.15) is 0 Å². The highest BCUT2D eigenvalue weighted by Gasteiger charge is 2.14. The summed E-state index contributed by atoms with van der Waals surface area (Å²) in [4.78, 5) is 6.96. The lowest BCUT2D eigenvalue weighted by molar-refractivity contribution is 0.293. The van der Waals surface area contributed by atoms with E-state index in [1.54, 1.807) is 0 Å². The van der Waals surface area contributed by atoms with Crippen molar-refractivity contribution in [2.24, 2.45) is 0 Å². The van der Waals surface area contributed by atoms with E-state index >= 15 is 0 Å². The molecule has 0 aromatic heterocycles. The van der Waals surface area contributed by atoms with Crippen molar-refractivity contribution in [2.45, 2.75) is 53.1 Å². The van der Waals surface area contributed by atoms with Gasteiger partial charge >= 0.3 is 9.36 Å². The van der Waals surface area contributed by atoms with Crippen LogP contribution < -0.4 is 15.3 Å². The number of nitrogens with one attached hydrogen (secondary N) is 3. The second kappa shape index (κ2) is 10.2. The molecule has 0 spiro atoms. The van der Waals surface area contributed by atoms with E-state index in [2.05, 4.69) is 49.9 Å². The molecule has 3 N–H and O–H groups in total. The van der Waals surface area contributed by atoms with E-state index in [1.807, 2.05) is 0 Å². The van der Waals surface area contributed by atoms with Crippen molar-refractivity contribution in [1.82, 2.24) is 15.3 Å². The summed E-state index contributed by atoms with van der Waals surface area (Å²) in [6, 6.07) is 0.957. The van der Waals surface area contributed by atoms with E-state index in [-0.39, 0.29) is 0 Å². The van der Waals surface area contributed by atoms with Crippen LogP contribution in [-0.2, 0) is 4.43 Å². The van der Waals surface area contributed by atoms with Crippen LogP contribution in [0.4, 0.5) is 0 Å². The van der Waals surface area contributed by atoms with Crippen LogP contribution >= 0.6 is 0 Å². The van der Waals surface area contributed by atoms with Gasteiger partial charge in [-0.05, 0) is 25.0 Å². The van der Waals surface area contributed by atoms with Gasteiger partial charge in [0.15, 0.2) is 0 Å². The van der Waals surface area contributed by atoms with E-state index in [4.69, 9.17) is 4.43 Å². The maximum Gasteiger partial charge on any atom is 0.335 e. The van der Waals surface area contributed by atoms with Crippen LogP contribution in [0.15, 0.2) is 0 Å². The van der Waals surface area contributed by atoms with Crippen molar-refractivity contribution in [2.75, 3.05) is 19.7 Å². The molecule has 0 aliphatic heterocycles. The molecule has 0 aromatic carbocycles. The Hall–Kier alpha value is 0.0569. The summed E-state index contributed by atoms with van der Waals surface area (Å²) in [6.07, 6.45) is 1.18. The van der Waals surface area contributed by atoms with Gasteiger partial charge in [-0.2, -0.15) is 0 Å². The first-order valence-electron chi connectivity index (χ1n) is 6.40. The molecule has 0 atom stereocenters. The van der Waals surface area contributed by atoms with Crippen molar-refractivity contribution in [1.29, 1.82) is 0 Å². The Bertz CT molecular complexity index is 146. The predicted octanol–water partition coefficient (Wildman–Crippen LogP) is 0.716. The zero-order chi connectivity index (χ0) is 12.4. The largest absolute Gasteiger partial charge is 0.393 e. The zero-order valence-corrected chi connectivity index (χ0v) is 12.6. The molecular weight excluding hydrogens is 218 g/mol. The fourth-order valence-corrected chi connectivity index (χ4v) is 3.15. The van der Waals surface area contributed by atoms with Gasteiger partial charge in [-0.3, -0.25) is 0 Å². The molecular formula is C11H29N3OSi. The molecule has 0 aromatic rings. The van der Waals surface area contributed by atoms with E-state index in [9.17, 15) is 0 Å².